The summed E-state index contributed by atoms with van der Waals surface area (Å²) in [7, 11) is 0. The van der Waals surface area contributed by atoms with Crippen LogP contribution in [-0.4, -0.2) is 36.0 Å². The van der Waals surface area contributed by atoms with Gasteiger partial charge in [0, 0.05) is 12.1 Å². The van der Waals surface area contributed by atoms with Crippen LogP contribution in [0.5, 0.6) is 0 Å². The summed E-state index contributed by atoms with van der Waals surface area (Å²) in [6.07, 6.45) is -4.52. The fraction of sp³-hybridized carbons (Fsp3) is 0.364. The summed E-state index contributed by atoms with van der Waals surface area (Å²) < 4.78 is 51.4. The molecule has 0 saturated heterocycles. The number of nitrogens with zero attached hydrogens (tertiary/aromatic N) is 1. The van der Waals surface area contributed by atoms with Crippen molar-refractivity contribution < 1.29 is 22.7 Å². The van der Waals surface area contributed by atoms with E-state index in [2.05, 4.69) is 15.9 Å². The summed E-state index contributed by atoms with van der Waals surface area (Å²) in [4.78, 5) is 0.621. The van der Waals surface area contributed by atoms with Gasteiger partial charge in [-0.15, -0.1) is 0 Å². The predicted octanol–water partition coefficient (Wildman–Crippen LogP) is 2.58. The van der Waals surface area contributed by atoms with Crippen molar-refractivity contribution in [2.24, 2.45) is 5.73 Å². The monoisotopic (exact) mass is 374 g/mol. The lowest BCUT2D eigenvalue weighted by Gasteiger charge is -2.26. The normalized spacial score (nSPS) is 11.5. The van der Waals surface area contributed by atoms with E-state index in [0.717, 1.165) is 6.07 Å². The van der Waals surface area contributed by atoms with E-state index in [4.69, 9.17) is 23.1 Å². The Kier molecular flexibility index (Phi) is 5.72. The maximum absolute atomic E-state index is 14.1. The molecule has 0 fully saturated rings. The number of benzene rings is 1. The largest absolute Gasteiger partial charge is 0.405 e. The van der Waals surface area contributed by atoms with Gasteiger partial charge in [-0.1, -0.05) is 12.2 Å². The van der Waals surface area contributed by atoms with Crippen molar-refractivity contribution in [1.29, 1.82) is 0 Å². The van der Waals surface area contributed by atoms with Gasteiger partial charge in [0.25, 0.3) is 0 Å². The number of alkyl halides is 3. The number of hydrogen-bond donors (Lipinski definition) is 2. The summed E-state index contributed by atoms with van der Waals surface area (Å²) in [5.74, 6) is -0.909. The first-order valence-electron chi connectivity index (χ1n) is 5.37. The highest BCUT2D eigenvalue weighted by atomic mass is 79.9. The molecular formula is C11H11BrF4N2OS. The van der Waals surface area contributed by atoms with Gasteiger partial charge in [-0.05, 0) is 28.1 Å². The molecule has 0 radical (unpaired) electrons. The van der Waals surface area contributed by atoms with Crippen molar-refractivity contribution in [2.75, 3.05) is 24.6 Å². The summed E-state index contributed by atoms with van der Waals surface area (Å²) in [5.41, 5.74) is 5.27. The molecule has 9 heteroatoms. The van der Waals surface area contributed by atoms with Crippen LogP contribution < -0.4 is 10.6 Å². The van der Waals surface area contributed by atoms with Crippen LogP contribution in [0.1, 0.15) is 5.56 Å². The molecule has 0 amide bonds. The molecule has 0 aliphatic rings. The third kappa shape index (κ3) is 4.29. The molecule has 1 aromatic rings. The Labute approximate surface area is 126 Å². The fourth-order valence-corrected chi connectivity index (χ4v) is 2.45. The standard InChI is InChI=1S/C11H11BrF4N2OS/c12-8-6(10(17)20)1-2-7(9(8)13)18(3-4-19)5-11(14,15)16/h1-2,19H,3-5H2,(H2,17,20). The van der Waals surface area contributed by atoms with Gasteiger partial charge >= 0.3 is 6.18 Å². The first-order chi connectivity index (χ1) is 9.17. The van der Waals surface area contributed by atoms with E-state index < -0.39 is 25.1 Å². The van der Waals surface area contributed by atoms with Gasteiger partial charge in [0.05, 0.1) is 16.8 Å². The van der Waals surface area contributed by atoms with Crippen LogP contribution in [0, 0.1) is 5.82 Å². The number of aliphatic hydroxyl groups excluding tert-OH is 1. The van der Waals surface area contributed by atoms with Gasteiger partial charge in [-0.25, -0.2) is 4.39 Å². The van der Waals surface area contributed by atoms with Crippen LogP contribution in [0.3, 0.4) is 0 Å². The highest BCUT2D eigenvalue weighted by Crippen LogP contribution is 2.31. The maximum atomic E-state index is 14.1. The first-order valence-corrected chi connectivity index (χ1v) is 6.58. The zero-order chi connectivity index (χ0) is 15.5. The van der Waals surface area contributed by atoms with Crippen molar-refractivity contribution in [1.82, 2.24) is 0 Å². The average Bonchev–Trinajstić information content (AvgIpc) is 2.30. The van der Waals surface area contributed by atoms with Gasteiger partial charge in [-0.3, -0.25) is 0 Å². The SMILES string of the molecule is NC(=S)c1ccc(N(CCO)CC(F)(F)F)c(F)c1Br. The molecule has 112 valence electrons. The average molecular weight is 375 g/mol. The van der Waals surface area contributed by atoms with Gasteiger partial charge in [0.2, 0.25) is 0 Å². The smallest absolute Gasteiger partial charge is 0.395 e. The first kappa shape index (κ1) is 17.1. The number of anilines is 1. The fourth-order valence-electron chi connectivity index (χ4n) is 1.60. The molecule has 0 heterocycles. The quantitative estimate of drug-likeness (QED) is 0.614. The Morgan fingerprint density at radius 1 is 1.40 bits per heavy atom. The zero-order valence-corrected chi connectivity index (χ0v) is 12.4. The summed E-state index contributed by atoms with van der Waals surface area (Å²) in [6, 6.07) is 2.47. The van der Waals surface area contributed by atoms with Crippen LogP contribution in [0.15, 0.2) is 16.6 Å². The van der Waals surface area contributed by atoms with Crippen molar-refractivity contribution in [3.05, 3.63) is 28.0 Å². The number of halogens is 5. The van der Waals surface area contributed by atoms with E-state index in [9.17, 15) is 17.6 Å². The van der Waals surface area contributed by atoms with Crippen molar-refractivity contribution in [3.8, 4) is 0 Å². The molecule has 3 nitrogen and oxygen atoms in total. The molecule has 1 rings (SSSR count). The Hall–Kier alpha value is -0.930. The van der Waals surface area contributed by atoms with Crippen LogP contribution in [0.4, 0.5) is 23.2 Å². The van der Waals surface area contributed by atoms with E-state index in [1.165, 1.54) is 6.07 Å². The van der Waals surface area contributed by atoms with Crippen molar-refractivity contribution >= 4 is 38.8 Å². The Morgan fingerprint density at radius 3 is 2.45 bits per heavy atom. The molecule has 3 N–H and O–H groups in total. The molecule has 1 aromatic carbocycles. The number of rotatable bonds is 5. The molecule has 0 unspecified atom stereocenters. The van der Waals surface area contributed by atoms with E-state index >= 15 is 0 Å². The van der Waals surface area contributed by atoms with Crippen LogP contribution >= 0.6 is 28.1 Å². The van der Waals surface area contributed by atoms with Gasteiger partial charge < -0.3 is 15.7 Å². The molecule has 0 atom stereocenters. The zero-order valence-electron chi connectivity index (χ0n) is 10.0. The molecular weight excluding hydrogens is 364 g/mol. The Bertz CT molecular complexity index is 510. The van der Waals surface area contributed by atoms with E-state index in [-0.39, 0.29) is 27.3 Å². The topological polar surface area (TPSA) is 49.5 Å². The number of hydrogen-bond acceptors (Lipinski definition) is 3. The van der Waals surface area contributed by atoms with Gasteiger partial charge in [-0.2, -0.15) is 13.2 Å². The highest BCUT2D eigenvalue weighted by molar-refractivity contribution is 9.10. The minimum Gasteiger partial charge on any atom is -0.395 e. The van der Waals surface area contributed by atoms with Crippen LogP contribution in [0.2, 0.25) is 0 Å². The van der Waals surface area contributed by atoms with E-state index in [0.29, 0.717) is 4.90 Å². The van der Waals surface area contributed by atoms with Gasteiger partial charge in [0.1, 0.15) is 11.5 Å². The van der Waals surface area contributed by atoms with Crippen LogP contribution in [-0.2, 0) is 0 Å². The Balaban J connectivity index is 3.21. The predicted molar refractivity (Wildman–Crippen MR) is 75.3 cm³/mol. The second-order valence-electron chi connectivity index (χ2n) is 3.88. The minimum absolute atomic E-state index is 0.0770. The molecule has 0 aliphatic carbocycles. The second kappa shape index (κ2) is 6.68. The maximum Gasteiger partial charge on any atom is 0.405 e. The molecule has 0 spiro atoms. The lowest BCUT2D eigenvalue weighted by atomic mass is 10.1. The third-order valence-electron chi connectivity index (χ3n) is 2.41. The lowest BCUT2D eigenvalue weighted by Crippen LogP contribution is -2.37. The van der Waals surface area contributed by atoms with E-state index in [1.807, 2.05) is 0 Å². The molecule has 20 heavy (non-hydrogen) atoms. The highest BCUT2D eigenvalue weighted by Gasteiger charge is 2.32. The summed E-state index contributed by atoms with van der Waals surface area (Å²) in [5, 5.41) is 8.81. The molecule has 0 saturated carbocycles. The Morgan fingerprint density at radius 2 is 2.00 bits per heavy atom. The van der Waals surface area contributed by atoms with Crippen molar-refractivity contribution in [3.63, 3.8) is 0 Å². The number of thiocarbonyl (C=S) groups is 1. The second-order valence-corrected chi connectivity index (χ2v) is 5.12. The summed E-state index contributed by atoms with van der Waals surface area (Å²) >= 11 is 7.62. The number of nitrogens with two attached hydrogens (primary N) is 1. The van der Waals surface area contributed by atoms with Gasteiger partial charge in [0.15, 0.2) is 5.82 Å². The molecule has 0 bridgehead atoms. The third-order valence-corrected chi connectivity index (χ3v) is 3.40. The lowest BCUT2D eigenvalue weighted by molar-refractivity contribution is -0.119. The van der Waals surface area contributed by atoms with Crippen molar-refractivity contribution in [2.45, 2.75) is 6.18 Å². The summed E-state index contributed by atoms with van der Waals surface area (Å²) in [6.45, 7) is -2.26. The minimum atomic E-state index is -4.52. The van der Waals surface area contributed by atoms with E-state index in [1.54, 1.807) is 0 Å². The molecule has 0 aromatic heterocycles. The molecule has 0 aliphatic heterocycles. The number of aliphatic hydroxyl groups is 1. The van der Waals surface area contributed by atoms with Crippen LogP contribution in [0.25, 0.3) is 0 Å².